The van der Waals surface area contributed by atoms with E-state index in [0.717, 1.165) is 99.3 Å². The van der Waals surface area contributed by atoms with Crippen molar-refractivity contribution in [3.63, 3.8) is 0 Å². The third-order valence-electron chi connectivity index (χ3n) is 13.1. The van der Waals surface area contributed by atoms with E-state index < -0.39 is 110 Å². The number of amides is 15. The average molecular weight is 1610 g/mol. The van der Waals surface area contributed by atoms with Crippen LogP contribution in [0.5, 0.6) is 0 Å². The van der Waals surface area contributed by atoms with Gasteiger partial charge in [0.15, 0.2) is 21.5 Å². The third-order valence-corrected chi connectivity index (χ3v) is 20.0. The van der Waals surface area contributed by atoms with E-state index in [1.807, 2.05) is 0 Å². The maximum atomic E-state index is 13.2. The van der Waals surface area contributed by atoms with Gasteiger partial charge in [0.05, 0.1) is 48.9 Å². The lowest BCUT2D eigenvalue weighted by Gasteiger charge is -2.07. The molecule has 5 heterocycles. The number of carbonyl (C=O) groups excluding carboxylic acids is 10. The fourth-order valence-corrected chi connectivity index (χ4v) is 14.6. The Morgan fingerprint density at radius 1 is 0.340 bits per heavy atom. The third kappa shape index (κ3) is 23.0. The number of hydrogen-bond donors (Lipinski definition) is 15. The number of benzene rings is 5. The molecule has 0 aliphatic rings. The lowest BCUT2D eigenvalue weighted by atomic mass is 10.1. The molecule has 556 valence electrons. The Morgan fingerprint density at radius 3 is 0.887 bits per heavy atom. The summed E-state index contributed by atoms with van der Waals surface area (Å²) in [6.07, 6.45) is -7.79. The van der Waals surface area contributed by atoms with Crippen molar-refractivity contribution in [3.8, 4) is 52.2 Å². The highest BCUT2D eigenvalue weighted by molar-refractivity contribution is 7.90. The van der Waals surface area contributed by atoms with Crippen molar-refractivity contribution < 1.29 is 95.9 Å². The van der Waals surface area contributed by atoms with Gasteiger partial charge in [-0.3, -0.25) is 50.6 Å². The van der Waals surface area contributed by atoms with Crippen LogP contribution in [-0.2, 0) is 22.2 Å². The SMILES string of the molecule is CS(=O)(=O)c1ccc(-c2cc(C(N)=O)c(NC(N)=O)s2)cc1.NC(=O)Nc1sc(-c2ccc(C(F)(F)F)cc2)cc1C(N)=O.NC(=O)Nc1sc(-c2ccc(F)c(Cl)c2)cc1C(N)=O.NC(=O)Nc1sc(-c2ccc(F)c(F)c2)cc1C(N)=O.NC(=O)Nc1sc(-c2cccc(C(F)(F)F)c2)cc1C(N)=O. The van der Waals surface area contributed by atoms with E-state index in [1.165, 1.54) is 91.0 Å². The molecule has 0 saturated heterocycles. The molecule has 0 saturated carbocycles. The van der Waals surface area contributed by atoms with Gasteiger partial charge < -0.3 is 57.3 Å². The summed E-state index contributed by atoms with van der Waals surface area (Å²) in [7, 11) is -3.28. The maximum absolute atomic E-state index is 13.2. The number of alkyl halides is 6. The zero-order valence-corrected chi connectivity index (χ0v) is 58.8. The van der Waals surface area contributed by atoms with Gasteiger partial charge in [0.25, 0.3) is 29.5 Å². The molecule has 0 radical (unpaired) electrons. The summed E-state index contributed by atoms with van der Waals surface area (Å²) in [6, 6.07) is 25.5. The number of urea groups is 5. The molecule has 0 bridgehead atoms. The van der Waals surface area contributed by atoms with Crippen LogP contribution in [0.25, 0.3) is 52.2 Å². The van der Waals surface area contributed by atoms with Crippen molar-refractivity contribution in [1.82, 2.24) is 0 Å². The second-order valence-electron chi connectivity index (χ2n) is 20.7. The topological polar surface area (TPSA) is 525 Å². The van der Waals surface area contributed by atoms with Crippen molar-refractivity contribution in [2.75, 3.05) is 32.8 Å². The van der Waals surface area contributed by atoms with E-state index in [4.69, 9.17) is 68.9 Å². The van der Waals surface area contributed by atoms with Gasteiger partial charge in [-0.25, -0.2) is 45.6 Å². The predicted molar refractivity (Wildman–Crippen MR) is 385 cm³/mol. The molecule has 0 aliphatic heterocycles. The number of hydrogen-bond acceptors (Lipinski definition) is 17. The van der Waals surface area contributed by atoms with Crippen LogP contribution in [0.2, 0.25) is 5.02 Å². The van der Waals surface area contributed by atoms with Crippen LogP contribution in [0.3, 0.4) is 0 Å². The molecule has 5 aromatic heterocycles. The second-order valence-corrected chi connectivity index (χ2v) is 28.4. The first-order valence-electron chi connectivity index (χ1n) is 28.4. The first-order valence-corrected chi connectivity index (χ1v) is 34.7. The quantitative estimate of drug-likeness (QED) is 0.0401. The highest BCUT2D eigenvalue weighted by Crippen LogP contribution is 2.42. The van der Waals surface area contributed by atoms with E-state index in [1.54, 1.807) is 12.1 Å². The van der Waals surface area contributed by atoms with Crippen molar-refractivity contribution in [2.45, 2.75) is 17.2 Å². The summed E-state index contributed by atoms with van der Waals surface area (Å²) in [5.74, 6) is -6.30. The van der Waals surface area contributed by atoms with E-state index in [-0.39, 0.29) is 68.3 Å². The molecule has 10 aromatic rings. The Balaban J connectivity index is 0.000000208. The zero-order chi connectivity index (χ0) is 79.2. The molecule has 25 N–H and O–H groups in total. The van der Waals surface area contributed by atoms with Gasteiger partial charge >= 0.3 is 42.5 Å². The average Bonchev–Trinajstić information content (AvgIpc) is 1.68. The van der Waals surface area contributed by atoms with Gasteiger partial charge in [-0.15, -0.1) is 56.7 Å². The summed E-state index contributed by atoms with van der Waals surface area (Å²) in [4.78, 5) is 114. The van der Waals surface area contributed by atoms with Gasteiger partial charge in [-0.05, 0) is 119 Å². The molecule has 0 atom stereocenters. The summed E-state index contributed by atoms with van der Waals surface area (Å²) >= 11 is 10.8. The Kier molecular flexibility index (Phi) is 27.3. The molecule has 5 aromatic carbocycles. The van der Waals surface area contributed by atoms with E-state index in [9.17, 15) is 95.9 Å². The zero-order valence-electron chi connectivity index (χ0n) is 53.2. The molecule has 106 heavy (non-hydrogen) atoms. The normalized spacial score (nSPS) is 10.9. The minimum absolute atomic E-state index is 0.0174. The minimum Gasteiger partial charge on any atom is -0.366 e. The van der Waals surface area contributed by atoms with Crippen LogP contribution in [0, 0.1) is 17.5 Å². The standard InChI is InChI=1S/2C13H10F3N3O2S.C13H13N3O4S2.C12H9ClFN3O2S.C12H9F2N3O2S/c14-13(15,16)7-3-1-6(2-4-7)9-5-8(10(17)20)11(22-9)19-12(18)21;14-13(15,16)7-3-1-2-6(4-7)9-5-8(10(17)20)11(22-9)19-12(18)21;1-22(19,20)8-4-2-7(3-5-8)10-6-9(11(14)17)12(21-10)16-13(15)18;13-7-3-5(1-2-8(7)14)9-4-6(10(15)18)11(20-9)17-12(16)19;13-7-2-1-5(3-8(7)14)9-4-6(10(15)18)11(20-9)17-12(16)19/h2*1-5H,(H2,17,20)(H3,18,19,21);2-6H,1H3,(H2,14,17)(H3,15,16,18);2*1-4H,(H2,15,18)(H3,16,17,19). The van der Waals surface area contributed by atoms with Crippen molar-refractivity contribution >= 4 is 163 Å². The van der Waals surface area contributed by atoms with Crippen LogP contribution < -0.4 is 83.9 Å². The molecule has 15 amide bonds. The molecular weight excluding hydrogens is 1560 g/mol. The molecule has 27 nitrogen and oxygen atoms in total. The van der Waals surface area contributed by atoms with E-state index in [2.05, 4.69) is 26.6 Å². The van der Waals surface area contributed by atoms with Crippen LogP contribution in [0.15, 0.2) is 144 Å². The monoisotopic (exact) mass is 1610 g/mol. The fourth-order valence-electron chi connectivity index (χ4n) is 8.44. The molecule has 0 spiro atoms. The molecule has 0 fully saturated rings. The number of carbonyl (C=O) groups is 10. The van der Waals surface area contributed by atoms with Gasteiger partial charge in [0.2, 0.25) is 0 Å². The largest absolute Gasteiger partial charge is 0.416 e. The molecule has 43 heteroatoms. The Hall–Kier alpha value is -12.1. The number of nitrogens with two attached hydrogens (primary N) is 10. The van der Waals surface area contributed by atoms with Gasteiger partial charge in [-0.2, -0.15) is 26.3 Å². The van der Waals surface area contributed by atoms with Crippen LogP contribution in [0.4, 0.5) is 88.5 Å². The highest BCUT2D eigenvalue weighted by Gasteiger charge is 2.32. The van der Waals surface area contributed by atoms with Crippen molar-refractivity contribution in [1.29, 1.82) is 0 Å². The maximum Gasteiger partial charge on any atom is 0.416 e. The molecular formula is C63H51ClF9N15O12S6. The first-order chi connectivity index (χ1) is 49.3. The van der Waals surface area contributed by atoms with Crippen LogP contribution >= 0.6 is 68.3 Å². The van der Waals surface area contributed by atoms with Crippen molar-refractivity contribution in [3.05, 3.63) is 201 Å². The number of halogens is 10. The lowest BCUT2D eigenvalue weighted by Crippen LogP contribution is -2.21. The number of nitrogens with one attached hydrogen (secondary N) is 5. The fraction of sp³-hybridized carbons (Fsp3) is 0.0476. The second kappa shape index (κ2) is 34.9. The van der Waals surface area contributed by atoms with Crippen molar-refractivity contribution in [2.24, 2.45) is 57.3 Å². The molecule has 0 unspecified atom stereocenters. The molecule has 10 rings (SSSR count). The Bertz CT molecular complexity index is 5060. The Labute approximate surface area is 615 Å². The van der Waals surface area contributed by atoms with Gasteiger partial charge in [0, 0.05) is 30.6 Å². The van der Waals surface area contributed by atoms with E-state index >= 15 is 0 Å². The summed E-state index contributed by atoms with van der Waals surface area (Å²) < 4.78 is 138. The summed E-state index contributed by atoms with van der Waals surface area (Å²) in [5.41, 5.74) is 52.1. The number of rotatable bonds is 16. The number of thiophene rings is 5. The summed E-state index contributed by atoms with van der Waals surface area (Å²) in [5, 5.41) is 12.2. The highest BCUT2D eigenvalue weighted by atomic mass is 35.5. The van der Waals surface area contributed by atoms with Crippen LogP contribution in [-0.4, -0.2) is 74.4 Å². The van der Waals surface area contributed by atoms with Gasteiger partial charge in [0.1, 0.15) is 30.8 Å². The van der Waals surface area contributed by atoms with Crippen LogP contribution in [0.1, 0.15) is 62.9 Å². The number of sulfone groups is 1. The lowest BCUT2D eigenvalue weighted by molar-refractivity contribution is -0.138. The van der Waals surface area contributed by atoms with Gasteiger partial charge in [-0.1, -0.05) is 60.1 Å². The predicted octanol–water partition coefficient (Wildman–Crippen LogP) is 12.5. The van der Waals surface area contributed by atoms with E-state index in [0.29, 0.717) is 46.6 Å². The Morgan fingerprint density at radius 2 is 0.613 bits per heavy atom. The summed E-state index contributed by atoms with van der Waals surface area (Å²) in [6.45, 7) is 0. The number of primary amides is 10. The number of anilines is 5. The first kappa shape index (κ1) is 82.9. The molecule has 0 aliphatic carbocycles. The minimum atomic E-state index is -4.48. The smallest absolute Gasteiger partial charge is 0.366 e.